The van der Waals surface area contributed by atoms with E-state index in [0.717, 1.165) is 23.3 Å². The fourth-order valence-electron chi connectivity index (χ4n) is 3.54. The molecule has 2 aromatic carbocycles. The molecule has 0 amide bonds. The number of aromatic nitrogens is 3. The predicted octanol–water partition coefficient (Wildman–Crippen LogP) is 5.40. The summed E-state index contributed by atoms with van der Waals surface area (Å²) in [6.07, 6.45) is -2.45. The maximum atomic E-state index is 13.4. The molecule has 2 heterocycles. The Labute approximate surface area is 203 Å². The minimum absolute atomic E-state index is 0.0435. The molecule has 0 fully saturated rings. The maximum absolute atomic E-state index is 13.4. The van der Waals surface area contributed by atoms with Gasteiger partial charge in [0.05, 0.1) is 17.8 Å². The molecular weight excluding hydrogens is 474 g/mol. The number of amidine groups is 1. The summed E-state index contributed by atoms with van der Waals surface area (Å²) in [6.45, 7) is 1.82. The number of nitrogens with zero attached hydrogens (tertiary/aromatic N) is 3. The second-order valence-corrected chi connectivity index (χ2v) is 8.02. The van der Waals surface area contributed by atoms with Gasteiger partial charge in [0.15, 0.2) is 11.5 Å². The first-order valence-corrected chi connectivity index (χ1v) is 10.7. The van der Waals surface area contributed by atoms with Gasteiger partial charge in [0.2, 0.25) is 0 Å². The number of pyridine rings is 1. The van der Waals surface area contributed by atoms with Crippen molar-refractivity contribution in [3.8, 4) is 22.4 Å². The smallest absolute Gasteiger partial charge is 0.384 e. The number of alkyl halides is 3. The van der Waals surface area contributed by atoms with Gasteiger partial charge in [-0.25, -0.2) is 19.3 Å². The first-order valence-electron chi connectivity index (χ1n) is 10.7. The largest absolute Gasteiger partial charge is 0.434 e. The molecule has 184 valence electrons. The molecule has 0 saturated heterocycles. The Hall–Kier alpha value is -4.54. The molecule has 7 nitrogen and oxygen atoms in total. The molecule has 4 aromatic rings. The van der Waals surface area contributed by atoms with Crippen molar-refractivity contribution in [2.45, 2.75) is 19.1 Å². The molecule has 2 aromatic heterocycles. The highest BCUT2D eigenvalue weighted by atomic mass is 19.4. The van der Waals surface area contributed by atoms with Crippen molar-refractivity contribution < 1.29 is 17.6 Å². The van der Waals surface area contributed by atoms with Crippen LogP contribution in [0.1, 0.15) is 29.8 Å². The Balaban J connectivity index is 1.62. The highest BCUT2D eigenvalue weighted by molar-refractivity contribution is 6.00. The Morgan fingerprint density at radius 3 is 2.19 bits per heavy atom. The van der Waals surface area contributed by atoms with Gasteiger partial charge in [-0.1, -0.05) is 24.3 Å². The molecule has 4 rings (SSSR count). The van der Waals surface area contributed by atoms with Crippen LogP contribution in [-0.4, -0.2) is 20.8 Å². The molecule has 0 radical (unpaired) electrons. The van der Waals surface area contributed by atoms with Crippen molar-refractivity contribution in [2.24, 2.45) is 5.73 Å². The van der Waals surface area contributed by atoms with E-state index in [1.807, 2.05) is 31.2 Å². The second-order valence-electron chi connectivity index (χ2n) is 8.02. The molecular formula is C25H21F4N7. The van der Waals surface area contributed by atoms with Crippen LogP contribution >= 0.6 is 0 Å². The lowest BCUT2D eigenvalue weighted by atomic mass is 10.0. The summed E-state index contributed by atoms with van der Waals surface area (Å²) in [6, 6.07) is 13.7. The molecule has 0 aliphatic carbocycles. The van der Waals surface area contributed by atoms with E-state index in [0.29, 0.717) is 17.3 Å². The van der Waals surface area contributed by atoms with Crippen LogP contribution in [0.3, 0.4) is 0 Å². The van der Waals surface area contributed by atoms with Gasteiger partial charge in [0.25, 0.3) is 0 Å². The average Bonchev–Trinajstić information content (AvgIpc) is 2.84. The second kappa shape index (κ2) is 9.61. The fourth-order valence-corrected chi connectivity index (χ4v) is 3.54. The monoisotopic (exact) mass is 495 g/mol. The van der Waals surface area contributed by atoms with Gasteiger partial charge in [-0.15, -0.1) is 0 Å². The lowest BCUT2D eigenvalue weighted by molar-refractivity contribution is -0.141. The van der Waals surface area contributed by atoms with Crippen LogP contribution in [0.5, 0.6) is 0 Å². The number of nitrogen functional groups attached to an aromatic ring is 2. The number of rotatable bonds is 6. The van der Waals surface area contributed by atoms with Gasteiger partial charge in [0, 0.05) is 17.3 Å². The van der Waals surface area contributed by atoms with Crippen molar-refractivity contribution in [1.29, 1.82) is 5.41 Å². The standard InChI is InChI=1S/C25H21F4N7/c1-13(14-2-4-15(5-3-14)17-10-19(22(30)31)23(32)33-11-17)35-24-21(16-6-8-18(26)9-7-16)36-20(12-34-24)25(27,28)29/h2-13H,1H3,(H3,30,31)(H2,32,33)(H,34,35). The van der Waals surface area contributed by atoms with Gasteiger partial charge in [-0.2, -0.15) is 13.2 Å². The van der Waals surface area contributed by atoms with Gasteiger partial charge in [-0.3, -0.25) is 5.41 Å². The van der Waals surface area contributed by atoms with Crippen LogP contribution in [0.4, 0.5) is 29.2 Å². The number of hydrogen-bond donors (Lipinski definition) is 4. The van der Waals surface area contributed by atoms with E-state index in [9.17, 15) is 17.6 Å². The fraction of sp³-hybridized carbons (Fsp3) is 0.120. The summed E-state index contributed by atoms with van der Waals surface area (Å²) in [7, 11) is 0. The summed E-state index contributed by atoms with van der Waals surface area (Å²) in [5, 5.41) is 10.7. The predicted molar refractivity (Wildman–Crippen MR) is 130 cm³/mol. The van der Waals surface area contributed by atoms with E-state index in [1.54, 1.807) is 12.3 Å². The zero-order valence-electron chi connectivity index (χ0n) is 18.9. The lowest BCUT2D eigenvalue weighted by Crippen LogP contribution is -2.14. The summed E-state index contributed by atoms with van der Waals surface area (Å²) in [5.41, 5.74) is 13.1. The quantitative estimate of drug-likeness (QED) is 0.161. The van der Waals surface area contributed by atoms with E-state index in [2.05, 4.69) is 20.3 Å². The van der Waals surface area contributed by atoms with Crippen molar-refractivity contribution in [3.05, 3.63) is 89.6 Å². The Morgan fingerprint density at radius 2 is 1.58 bits per heavy atom. The van der Waals surface area contributed by atoms with Crippen LogP contribution in [0.2, 0.25) is 0 Å². The van der Waals surface area contributed by atoms with E-state index < -0.39 is 17.7 Å². The number of anilines is 2. The minimum Gasteiger partial charge on any atom is -0.384 e. The van der Waals surface area contributed by atoms with Crippen molar-refractivity contribution in [1.82, 2.24) is 15.0 Å². The highest BCUT2D eigenvalue weighted by Gasteiger charge is 2.34. The molecule has 0 bridgehead atoms. The summed E-state index contributed by atoms with van der Waals surface area (Å²) < 4.78 is 53.2. The van der Waals surface area contributed by atoms with Crippen LogP contribution < -0.4 is 16.8 Å². The number of hydrogen-bond acceptors (Lipinski definition) is 6. The maximum Gasteiger partial charge on any atom is 0.434 e. The number of nitrogens with one attached hydrogen (secondary N) is 2. The normalized spacial score (nSPS) is 12.2. The lowest BCUT2D eigenvalue weighted by Gasteiger charge is -2.19. The van der Waals surface area contributed by atoms with Crippen LogP contribution in [0.15, 0.2) is 67.0 Å². The zero-order chi connectivity index (χ0) is 26.0. The van der Waals surface area contributed by atoms with E-state index in [1.165, 1.54) is 12.1 Å². The molecule has 1 unspecified atom stereocenters. The molecule has 0 saturated carbocycles. The summed E-state index contributed by atoms with van der Waals surface area (Å²) >= 11 is 0. The van der Waals surface area contributed by atoms with Crippen LogP contribution in [0, 0.1) is 11.2 Å². The van der Waals surface area contributed by atoms with E-state index in [-0.39, 0.29) is 34.8 Å². The van der Waals surface area contributed by atoms with Crippen LogP contribution in [-0.2, 0) is 6.18 Å². The SMILES string of the molecule is CC(Nc1ncc(C(F)(F)F)nc1-c1ccc(F)cc1)c1ccc(-c2cnc(N)c(C(=N)N)c2)cc1. The molecule has 0 aliphatic rings. The Kier molecular flexibility index (Phi) is 6.56. The van der Waals surface area contributed by atoms with Gasteiger partial charge >= 0.3 is 6.18 Å². The number of nitrogens with two attached hydrogens (primary N) is 2. The number of halogens is 4. The van der Waals surface area contributed by atoms with Gasteiger partial charge in [-0.05, 0) is 48.4 Å². The molecule has 6 N–H and O–H groups in total. The first-order chi connectivity index (χ1) is 17.0. The van der Waals surface area contributed by atoms with Crippen LogP contribution in [0.25, 0.3) is 22.4 Å². The average molecular weight is 495 g/mol. The Bertz CT molecular complexity index is 1400. The summed E-state index contributed by atoms with van der Waals surface area (Å²) in [4.78, 5) is 11.8. The third-order valence-electron chi connectivity index (χ3n) is 5.49. The Morgan fingerprint density at radius 1 is 0.944 bits per heavy atom. The minimum atomic E-state index is -4.68. The van der Waals surface area contributed by atoms with E-state index >= 15 is 0 Å². The third kappa shape index (κ3) is 5.24. The van der Waals surface area contributed by atoms with Gasteiger partial charge < -0.3 is 16.8 Å². The van der Waals surface area contributed by atoms with Crippen molar-refractivity contribution in [3.63, 3.8) is 0 Å². The highest BCUT2D eigenvalue weighted by Crippen LogP contribution is 2.33. The summed E-state index contributed by atoms with van der Waals surface area (Å²) in [5.74, 6) is -0.422. The number of benzene rings is 2. The third-order valence-corrected chi connectivity index (χ3v) is 5.49. The van der Waals surface area contributed by atoms with Crippen molar-refractivity contribution in [2.75, 3.05) is 11.1 Å². The first kappa shape index (κ1) is 24.6. The molecule has 36 heavy (non-hydrogen) atoms. The molecule has 0 spiro atoms. The molecule has 0 aliphatic heterocycles. The van der Waals surface area contributed by atoms with E-state index in [4.69, 9.17) is 16.9 Å². The molecule has 1 atom stereocenters. The molecule has 11 heteroatoms. The zero-order valence-corrected chi connectivity index (χ0v) is 18.9. The van der Waals surface area contributed by atoms with Crippen molar-refractivity contribution >= 4 is 17.5 Å². The topological polar surface area (TPSA) is 127 Å². The van der Waals surface area contributed by atoms with Gasteiger partial charge in [0.1, 0.15) is 23.2 Å².